The van der Waals surface area contributed by atoms with Crippen LogP contribution in [0.4, 0.5) is 0 Å². The third kappa shape index (κ3) is 7.23. The Morgan fingerprint density at radius 2 is 1.60 bits per heavy atom. The highest BCUT2D eigenvalue weighted by Gasteiger charge is 2.12. The molecule has 0 fully saturated rings. The van der Waals surface area contributed by atoms with Crippen LogP contribution in [-0.4, -0.2) is 42.4 Å². The maximum absolute atomic E-state index is 10.4. The zero-order valence-electron chi connectivity index (χ0n) is 15.5. The average Bonchev–Trinajstić information content (AvgIpc) is 2.62. The normalized spacial score (nSPS) is 12.2. The van der Waals surface area contributed by atoms with Crippen LogP contribution in [0, 0.1) is 0 Å². The fraction of sp³-hybridized carbons (Fsp3) is 0.524. The van der Waals surface area contributed by atoms with Gasteiger partial charge in [0.15, 0.2) is 0 Å². The molecule has 0 amide bonds. The molecule has 0 aliphatic rings. The Morgan fingerprint density at radius 1 is 0.960 bits per heavy atom. The Labute approximate surface area is 158 Å². The lowest BCUT2D eigenvalue weighted by Gasteiger charge is -2.25. The second-order valence-corrected chi connectivity index (χ2v) is 6.45. The van der Waals surface area contributed by atoms with Crippen molar-refractivity contribution in [2.45, 2.75) is 45.6 Å². The number of hydrogen-bond donors (Lipinski definition) is 1. The van der Waals surface area contributed by atoms with Gasteiger partial charge in [0.2, 0.25) is 0 Å². The molecule has 0 bridgehead atoms. The molecule has 3 nitrogen and oxygen atoms in total. The van der Waals surface area contributed by atoms with E-state index in [4.69, 9.17) is 4.74 Å². The lowest BCUT2D eigenvalue weighted by molar-refractivity contribution is 0.0677. The monoisotopic (exact) mass is 365 g/mol. The van der Waals surface area contributed by atoms with Crippen molar-refractivity contribution in [1.29, 1.82) is 0 Å². The van der Waals surface area contributed by atoms with E-state index in [9.17, 15) is 5.11 Å². The van der Waals surface area contributed by atoms with Crippen molar-refractivity contribution < 1.29 is 9.84 Å². The lowest BCUT2D eigenvalue weighted by Crippen LogP contribution is -2.36. The Hall–Kier alpha value is -1.29. The highest BCUT2D eigenvalue weighted by atomic mass is 35.5. The van der Waals surface area contributed by atoms with Crippen LogP contribution >= 0.6 is 12.4 Å². The summed E-state index contributed by atoms with van der Waals surface area (Å²) in [6, 6.07) is 14.2. The van der Waals surface area contributed by atoms with Gasteiger partial charge in [-0.15, -0.1) is 12.4 Å². The lowest BCUT2D eigenvalue weighted by atomic mass is 10.1. The molecule has 0 saturated carbocycles. The Morgan fingerprint density at radius 3 is 2.28 bits per heavy atom. The number of aliphatic hydroxyl groups excluding tert-OH is 1. The van der Waals surface area contributed by atoms with Crippen LogP contribution in [0.5, 0.6) is 5.75 Å². The van der Waals surface area contributed by atoms with Crippen LogP contribution in [0.2, 0.25) is 0 Å². The van der Waals surface area contributed by atoms with E-state index in [-0.39, 0.29) is 12.4 Å². The number of nitrogens with zero attached hydrogens (tertiary/aromatic N) is 1. The van der Waals surface area contributed by atoms with Crippen molar-refractivity contribution in [2.75, 3.05) is 26.2 Å². The molecule has 1 unspecified atom stereocenters. The number of hydrogen-bond acceptors (Lipinski definition) is 3. The molecule has 0 aromatic heterocycles. The second-order valence-electron chi connectivity index (χ2n) is 6.45. The minimum absolute atomic E-state index is 0. The average molecular weight is 366 g/mol. The standard InChI is InChI=1S/C21H31NO2.ClH/c1-3-5-14-22(15-6-4-2)16-19(23)17-24-21-13-9-11-18-10-7-8-12-20(18)21;/h7-13,19,23H,3-6,14-17H2,1-2H3;1H. The summed E-state index contributed by atoms with van der Waals surface area (Å²) in [6.45, 7) is 7.55. The molecular formula is C21H32ClNO2. The number of ether oxygens (including phenoxy) is 1. The summed E-state index contributed by atoms with van der Waals surface area (Å²) < 4.78 is 5.91. The van der Waals surface area contributed by atoms with Crippen LogP contribution < -0.4 is 4.74 Å². The van der Waals surface area contributed by atoms with Crippen molar-refractivity contribution >= 4 is 23.2 Å². The van der Waals surface area contributed by atoms with Gasteiger partial charge < -0.3 is 14.7 Å². The SMILES string of the molecule is CCCCN(CCCC)CC(O)COc1cccc2ccccc12.Cl. The summed E-state index contributed by atoms with van der Waals surface area (Å²) in [4.78, 5) is 2.37. The van der Waals surface area contributed by atoms with Crippen LogP contribution in [0.1, 0.15) is 39.5 Å². The van der Waals surface area contributed by atoms with Crippen molar-refractivity contribution in [2.24, 2.45) is 0 Å². The summed E-state index contributed by atoms with van der Waals surface area (Å²) in [5, 5.41) is 12.6. The Kier molecular flexibility index (Phi) is 10.6. The van der Waals surface area contributed by atoms with Crippen LogP contribution in [0.25, 0.3) is 10.8 Å². The zero-order chi connectivity index (χ0) is 17.2. The molecule has 2 aromatic carbocycles. The summed E-state index contributed by atoms with van der Waals surface area (Å²) in [7, 11) is 0. The molecule has 0 aliphatic heterocycles. The van der Waals surface area contributed by atoms with Crippen molar-refractivity contribution in [3.63, 3.8) is 0 Å². The summed E-state index contributed by atoms with van der Waals surface area (Å²) in [5.74, 6) is 0.848. The third-order valence-electron chi connectivity index (χ3n) is 4.31. The van der Waals surface area contributed by atoms with E-state index in [0.29, 0.717) is 13.2 Å². The zero-order valence-corrected chi connectivity index (χ0v) is 16.3. The quantitative estimate of drug-likeness (QED) is 0.614. The molecule has 1 atom stereocenters. The first-order chi connectivity index (χ1) is 11.7. The van der Waals surface area contributed by atoms with E-state index in [0.717, 1.165) is 29.6 Å². The molecule has 0 saturated heterocycles. The molecule has 0 heterocycles. The van der Waals surface area contributed by atoms with E-state index in [2.05, 4.69) is 36.9 Å². The minimum atomic E-state index is -0.460. The molecule has 2 rings (SSSR count). The Balaban J connectivity index is 0.00000312. The maximum Gasteiger partial charge on any atom is 0.127 e. The van der Waals surface area contributed by atoms with Crippen molar-refractivity contribution in [3.05, 3.63) is 42.5 Å². The first-order valence-corrected chi connectivity index (χ1v) is 9.25. The summed E-state index contributed by atoms with van der Waals surface area (Å²) in [5.41, 5.74) is 0. The highest BCUT2D eigenvalue weighted by molar-refractivity contribution is 5.88. The van der Waals surface area contributed by atoms with Gasteiger partial charge in [0.25, 0.3) is 0 Å². The van der Waals surface area contributed by atoms with Crippen LogP contribution in [0.15, 0.2) is 42.5 Å². The van der Waals surface area contributed by atoms with Gasteiger partial charge in [-0.25, -0.2) is 0 Å². The van der Waals surface area contributed by atoms with Crippen LogP contribution in [-0.2, 0) is 0 Å². The second kappa shape index (κ2) is 12.1. The number of rotatable bonds is 11. The summed E-state index contributed by atoms with van der Waals surface area (Å²) in [6.07, 6.45) is 4.27. The van der Waals surface area contributed by atoms with Crippen molar-refractivity contribution in [1.82, 2.24) is 4.90 Å². The fourth-order valence-corrected chi connectivity index (χ4v) is 2.92. The van der Waals surface area contributed by atoms with Gasteiger partial charge in [0, 0.05) is 11.9 Å². The predicted molar refractivity (Wildman–Crippen MR) is 109 cm³/mol. The first kappa shape index (κ1) is 21.8. The van der Waals surface area contributed by atoms with Crippen LogP contribution in [0.3, 0.4) is 0 Å². The molecule has 25 heavy (non-hydrogen) atoms. The topological polar surface area (TPSA) is 32.7 Å². The molecule has 140 valence electrons. The van der Waals surface area contributed by atoms with Gasteiger partial charge in [-0.05, 0) is 37.4 Å². The molecular weight excluding hydrogens is 334 g/mol. The molecule has 1 N–H and O–H groups in total. The smallest absolute Gasteiger partial charge is 0.127 e. The van der Waals surface area contributed by atoms with E-state index < -0.39 is 6.10 Å². The third-order valence-corrected chi connectivity index (χ3v) is 4.31. The minimum Gasteiger partial charge on any atom is -0.490 e. The van der Waals surface area contributed by atoms with E-state index in [1.165, 1.54) is 25.7 Å². The maximum atomic E-state index is 10.4. The predicted octanol–water partition coefficient (Wildman–Crippen LogP) is 4.90. The molecule has 0 spiro atoms. The molecule has 4 heteroatoms. The number of halogens is 1. The number of fused-ring (bicyclic) bond motifs is 1. The fourth-order valence-electron chi connectivity index (χ4n) is 2.92. The molecule has 2 aromatic rings. The summed E-state index contributed by atoms with van der Waals surface area (Å²) >= 11 is 0. The van der Waals surface area contributed by atoms with Gasteiger partial charge in [0.1, 0.15) is 18.5 Å². The highest BCUT2D eigenvalue weighted by Crippen LogP contribution is 2.25. The number of unbranched alkanes of at least 4 members (excludes halogenated alkanes) is 2. The molecule has 0 radical (unpaired) electrons. The number of aliphatic hydroxyl groups is 1. The van der Waals surface area contributed by atoms with Gasteiger partial charge in [-0.1, -0.05) is 63.1 Å². The van der Waals surface area contributed by atoms with Gasteiger partial charge in [-0.3, -0.25) is 0 Å². The van der Waals surface area contributed by atoms with E-state index >= 15 is 0 Å². The van der Waals surface area contributed by atoms with E-state index in [1.807, 2.05) is 24.3 Å². The van der Waals surface area contributed by atoms with Gasteiger partial charge in [-0.2, -0.15) is 0 Å². The largest absolute Gasteiger partial charge is 0.490 e. The molecule has 0 aliphatic carbocycles. The first-order valence-electron chi connectivity index (χ1n) is 9.25. The number of benzene rings is 2. The van der Waals surface area contributed by atoms with E-state index in [1.54, 1.807) is 0 Å². The van der Waals surface area contributed by atoms with Crippen molar-refractivity contribution in [3.8, 4) is 5.75 Å². The van der Waals surface area contributed by atoms with Gasteiger partial charge in [0.05, 0.1) is 0 Å². The van der Waals surface area contributed by atoms with Gasteiger partial charge >= 0.3 is 0 Å². The Bertz CT molecular complexity index is 592.